The topological polar surface area (TPSA) is 44.5 Å². The predicted octanol–water partition coefficient (Wildman–Crippen LogP) is 2.54. The maximum Gasteiger partial charge on any atom is 0.547 e. The fourth-order valence-electron chi connectivity index (χ4n) is 3.69. The standard InChI is InChI=1S/C18H26N2O2/c21-18(22-14-15-4-2-1-3-5-15)20-12-8-17(9-13-20)16-6-10-19-11-7-16/h1-5,16-17,19H,6-14H2/p+1. The van der Waals surface area contributed by atoms with Crippen LogP contribution in [0.25, 0.3) is 0 Å². The van der Waals surface area contributed by atoms with Gasteiger partial charge in [-0.25, -0.2) is 0 Å². The third-order valence-corrected chi connectivity index (χ3v) is 5.07. The van der Waals surface area contributed by atoms with Crippen LogP contribution in [-0.2, 0) is 11.3 Å². The molecule has 4 heteroatoms. The Balaban J connectivity index is 1.48. The zero-order valence-corrected chi connectivity index (χ0v) is 13.2. The van der Waals surface area contributed by atoms with E-state index in [1.165, 1.54) is 38.8 Å². The average molecular weight is 303 g/mol. The minimum Gasteiger partial charge on any atom is -0.430 e. The van der Waals surface area contributed by atoms with Crippen LogP contribution in [0.4, 0.5) is 0 Å². The van der Waals surface area contributed by atoms with E-state index in [0.29, 0.717) is 6.61 Å². The molecule has 1 aromatic carbocycles. The Morgan fingerprint density at radius 1 is 1.05 bits per heavy atom. The fourth-order valence-corrected chi connectivity index (χ4v) is 3.69. The number of piperidine rings is 2. The summed E-state index contributed by atoms with van der Waals surface area (Å²) in [6.07, 6.45) is 5.05. The Hall–Kier alpha value is -1.55. The lowest BCUT2D eigenvalue weighted by Crippen LogP contribution is -2.38. The van der Waals surface area contributed by atoms with Crippen molar-refractivity contribution in [1.29, 1.82) is 0 Å². The zero-order valence-electron chi connectivity index (χ0n) is 13.2. The Bertz CT molecular complexity index is 485. The van der Waals surface area contributed by atoms with E-state index < -0.39 is 0 Å². The number of aliphatic hydroxyl groups excluding tert-OH is 1. The van der Waals surface area contributed by atoms with Crippen LogP contribution in [0.2, 0.25) is 0 Å². The highest BCUT2D eigenvalue weighted by atomic mass is 16.6. The van der Waals surface area contributed by atoms with Crippen molar-refractivity contribution in [3.63, 3.8) is 0 Å². The van der Waals surface area contributed by atoms with E-state index in [1.54, 1.807) is 0 Å². The molecular formula is C18H27N2O2+. The summed E-state index contributed by atoms with van der Waals surface area (Å²) in [5.74, 6) is 1.69. The van der Waals surface area contributed by atoms with Gasteiger partial charge in [-0.3, -0.25) is 0 Å². The molecule has 2 heterocycles. The minimum absolute atomic E-state index is 0.0904. The summed E-state index contributed by atoms with van der Waals surface area (Å²) in [5, 5.41) is 13.6. The molecule has 2 saturated heterocycles. The van der Waals surface area contributed by atoms with Crippen molar-refractivity contribution < 1.29 is 14.4 Å². The van der Waals surface area contributed by atoms with Gasteiger partial charge in [0.1, 0.15) is 19.7 Å². The number of rotatable bonds is 3. The number of benzene rings is 1. The van der Waals surface area contributed by atoms with Crippen LogP contribution in [0.3, 0.4) is 0 Å². The highest BCUT2D eigenvalue weighted by Crippen LogP contribution is 2.29. The number of ether oxygens (including phenoxy) is 1. The van der Waals surface area contributed by atoms with Crippen LogP contribution in [-0.4, -0.2) is 41.9 Å². The van der Waals surface area contributed by atoms with Crippen molar-refractivity contribution in [3.05, 3.63) is 35.9 Å². The molecular weight excluding hydrogens is 276 g/mol. The van der Waals surface area contributed by atoms with Gasteiger partial charge in [0.25, 0.3) is 0 Å². The van der Waals surface area contributed by atoms with Crippen LogP contribution in [0, 0.1) is 11.8 Å². The second kappa shape index (κ2) is 7.63. The van der Waals surface area contributed by atoms with Crippen LogP contribution < -0.4 is 5.32 Å². The van der Waals surface area contributed by atoms with Gasteiger partial charge < -0.3 is 15.2 Å². The van der Waals surface area contributed by atoms with E-state index >= 15 is 0 Å². The summed E-state index contributed by atoms with van der Waals surface area (Å²) in [6.45, 7) is 4.59. The third-order valence-electron chi connectivity index (χ3n) is 5.07. The van der Waals surface area contributed by atoms with Gasteiger partial charge in [0.2, 0.25) is 0 Å². The lowest BCUT2D eigenvalue weighted by Gasteiger charge is -2.31. The van der Waals surface area contributed by atoms with E-state index in [-0.39, 0.29) is 6.08 Å². The first-order valence-electron chi connectivity index (χ1n) is 8.51. The van der Waals surface area contributed by atoms with Gasteiger partial charge in [-0.05, 0) is 43.3 Å². The smallest absolute Gasteiger partial charge is 0.430 e. The second-order valence-electron chi connectivity index (χ2n) is 6.47. The molecule has 0 atom stereocenters. The van der Waals surface area contributed by atoms with E-state index in [4.69, 9.17) is 4.74 Å². The summed E-state index contributed by atoms with van der Waals surface area (Å²) >= 11 is 0. The summed E-state index contributed by atoms with van der Waals surface area (Å²) in [5.41, 5.74) is 1.08. The maximum absolute atomic E-state index is 10.1. The quantitative estimate of drug-likeness (QED) is 0.666. The van der Waals surface area contributed by atoms with Crippen molar-refractivity contribution in [2.45, 2.75) is 32.3 Å². The Labute approximate surface area is 132 Å². The molecule has 0 bridgehead atoms. The number of nitrogens with zero attached hydrogens (tertiary/aromatic N) is 1. The molecule has 2 aliphatic heterocycles. The average Bonchev–Trinajstić information content (AvgIpc) is 2.61. The molecule has 0 aliphatic carbocycles. The van der Waals surface area contributed by atoms with Gasteiger partial charge in [-0.2, -0.15) is 4.58 Å². The summed E-state index contributed by atoms with van der Waals surface area (Å²) in [7, 11) is 0. The normalized spacial score (nSPS) is 23.3. The maximum atomic E-state index is 10.1. The third kappa shape index (κ3) is 4.01. The van der Waals surface area contributed by atoms with E-state index in [2.05, 4.69) is 5.32 Å². The van der Waals surface area contributed by atoms with Crippen molar-refractivity contribution in [2.24, 2.45) is 11.8 Å². The van der Waals surface area contributed by atoms with Crippen LogP contribution in [0.5, 0.6) is 0 Å². The lowest BCUT2D eigenvalue weighted by molar-refractivity contribution is -0.558. The van der Waals surface area contributed by atoms with Gasteiger partial charge >= 0.3 is 6.08 Å². The highest BCUT2D eigenvalue weighted by Gasteiger charge is 2.31. The Morgan fingerprint density at radius 2 is 1.68 bits per heavy atom. The number of hydrogen-bond donors (Lipinski definition) is 2. The fraction of sp³-hybridized carbons (Fsp3) is 0.611. The summed E-state index contributed by atoms with van der Waals surface area (Å²) in [6, 6.07) is 9.98. The Morgan fingerprint density at radius 3 is 2.36 bits per heavy atom. The first-order valence-corrected chi connectivity index (χ1v) is 8.51. The van der Waals surface area contributed by atoms with Gasteiger partial charge in [-0.1, -0.05) is 30.3 Å². The highest BCUT2D eigenvalue weighted by molar-refractivity contribution is 5.58. The second-order valence-corrected chi connectivity index (χ2v) is 6.47. The van der Waals surface area contributed by atoms with Crippen molar-refractivity contribution in [3.8, 4) is 0 Å². The largest absolute Gasteiger partial charge is 0.547 e. The number of aliphatic hydroxyl groups is 1. The lowest BCUT2D eigenvalue weighted by atomic mass is 9.79. The molecule has 0 spiro atoms. The molecule has 0 amide bonds. The summed E-state index contributed by atoms with van der Waals surface area (Å²) < 4.78 is 7.52. The summed E-state index contributed by atoms with van der Waals surface area (Å²) in [4.78, 5) is 0. The number of nitrogens with one attached hydrogen (secondary N) is 1. The monoisotopic (exact) mass is 303 g/mol. The molecule has 22 heavy (non-hydrogen) atoms. The van der Waals surface area contributed by atoms with Gasteiger partial charge in [0.15, 0.2) is 0 Å². The van der Waals surface area contributed by atoms with Gasteiger partial charge in [0.05, 0.1) is 0 Å². The molecule has 120 valence electrons. The Kier molecular flexibility index (Phi) is 5.33. The first kappa shape index (κ1) is 15.3. The molecule has 0 aromatic heterocycles. The van der Waals surface area contributed by atoms with Crippen molar-refractivity contribution >= 4 is 6.08 Å². The molecule has 0 radical (unpaired) electrons. The van der Waals surface area contributed by atoms with Crippen LogP contribution in [0.15, 0.2) is 30.3 Å². The van der Waals surface area contributed by atoms with E-state index in [1.807, 2.05) is 34.9 Å². The first-order chi connectivity index (χ1) is 10.8. The van der Waals surface area contributed by atoms with E-state index in [9.17, 15) is 5.11 Å². The SMILES string of the molecule is OC(OCc1ccccc1)=[N+]1CCC(C2CCNCC2)CC1. The van der Waals surface area contributed by atoms with Crippen molar-refractivity contribution in [2.75, 3.05) is 26.2 Å². The molecule has 3 rings (SSSR count). The number of hydrogen-bond acceptors (Lipinski definition) is 2. The zero-order chi connectivity index (χ0) is 15.2. The molecule has 2 N–H and O–H groups in total. The van der Waals surface area contributed by atoms with Crippen LogP contribution >= 0.6 is 0 Å². The molecule has 0 saturated carbocycles. The van der Waals surface area contributed by atoms with Gasteiger partial charge in [-0.15, -0.1) is 0 Å². The minimum atomic E-state index is 0.0904. The van der Waals surface area contributed by atoms with E-state index in [0.717, 1.165) is 30.5 Å². The molecule has 2 aliphatic rings. The van der Waals surface area contributed by atoms with Crippen molar-refractivity contribution in [1.82, 2.24) is 5.32 Å². The molecule has 4 nitrogen and oxygen atoms in total. The molecule has 0 unspecified atom stereocenters. The predicted molar refractivity (Wildman–Crippen MR) is 87.2 cm³/mol. The van der Waals surface area contributed by atoms with Crippen LogP contribution in [0.1, 0.15) is 31.2 Å². The van der Waals surface area contributed by atoms with Gasteiger partial charge in [0, 0.05) is 12.8 Å². The molecule has 1 aromatic rings. The molecule has 2 fully saturated rings.